The van der Waals surface area contributed by atoms with E-state index in [2.05, 4.69) is 0 Å². The molecule has 3 aromatic rings. The normalized spacial score (nSPS) is 17.7. The summed E-state index contributed by atoms with van der Waals surface area (Å²) in [5.74, 6) is -3.18. The fourth-order valence-corrected chi connectivity index (χ4v) is 3.60. The molecule has 1 aliphatic rings. The molecule has 3 aromatic carbocycles. The molecule has 7 nitrogen and oxygen atoms in total. The fourth-order valence-electron chi connectivity index (χ4n) is 3.60. The van der Waals surface area contributed by atoms with E-state index in [1.54, 1.807) is 30.3 Å². The number of rotatable bonds is 4. The van der Waals surface area contributed by atoms with E-state index >= 15 is 0 Å². The van der Waals surface area contributed by atoms with Crippen molar-refractivity contribution in [2.45, 2.75) is 6.04 Å². The molecule has 0 saturated carbocycles. The third kappa shape index (κ3) is 3.44. The van der Waals surface area contributed by atoms with Crippen molar-refractivity contribution in [2.75, 3.05) is 4.90 Å². The van der Waals surface area contributed by atoms with Crippen LogP contribution in [0.2, 0.25) is 0 Å². The van der Waals surface area contributed by atoms with Crippen molar-refractivity contribution in [1.82, 2.24) is 0 Å². The second kappa shape index (κ2) is 7.83. The number of benzene rings is 3. The van der Waals surface area contributed by atoms with E-state index in [-0.39, 0.29) is 28.1 Å². The number of amides is 1. The zero-order valence-corrected chi connectivity index (χ0v) is 15.9. The summed E-state index contributed by atoms with van der Waals surface area (Å²) in [5.41, 5.74) is -0.300. The Morgan fingerprint density at radius 3 is 2.32 bits per heavy atom. The first-order valence-electron chi connectivity index (χ1n) is 9.25. The number of nitrogens with zero attached hydrogens (tertiary/aromatic N) is 2. The van der Waals surface area contributed by atoms with E-state index in [1.165, 1.54) is 42.5 Å². The first-order valence-corrected chi connectivity index (χ1v) is 9.25. The van der Waals surface area contributed by atoms with Gasteiger partial charge in [-0.05, 0) is 12.1 Å². The predicted octanol–water partition coefficient (Wildman–Crippen LogP) is 4.36. The van der Waals surface area contributed by atoms with Crippen LogP contribution in [0.5, 0.6) is 0 Å². The minimum absolute atomic E-state index is 0.0225. The standard InChI is InChI=1S/C23H15FN2O5/c24-18-12-5-4-11-17(18)20-19(21(27)14-7-2-1-3-8-14)22(28)23(29)25(20)15-9-6-10-16(13-15)26(30)31/h1-13,20,27H/b21-19-. The largest absolute Gasteiger partial charge is 0.507 e. The Hall–Kier alpha value is -4.33. The number of hydrogen-bond acceptors (Lipinski definition) is 5. The molecule has 31 heavy (non-hydrogen) atoms. The number of anilines is 1. The van der Waals surface area contributed by atoms with Crippen LogP contribution in [-0.4, -0.2) is 21.7 Å². The summed E-state index contributed by atoms with van der Waals surface area (Å²) in [4.78, 5) is 37.5. The molecule has 154 valence electrons. The average Bonchev–Trinajstić information content (AvgIpc) is 3.04. The fraction of sp³-hybridized carbons (Fsp3) is 0.0435. The van der Waals surface area contributed by atoms with Gasteiger partial charge in [-0.25, -0.2) is 4.39 Å². The van der Waals surface area contributed by atoms with Gasteiger partial charge < -0.3 is 5.11 Å². The number of nitro groups is 1. The van der Waals surface area contributed by atoms with Gasteiger partial charge >= 0.3 is 0 Å². The number of halogens is 1. The minimum atomic E-state index is -1.30. The Morgan fingerprint density at radius 2 is 1.65 bits per heavy atom. The average molecular weight is 418 g/mol. The van der Waals surface area contributed by atoms with Crippen molar-refractivity contribution < 1.29 is 24.0 Å². The first kappa shape index (κ1) is 20.0. The van der Waals surface area contributed by atoms with Gasteiger partial charge in [0.25, 0.3) is 17.4 Å². The van der Waals surface area contributed by atoms with Crippen LogP contribution in [0.3, 0.4) is 0 Å². The van der Waals surface area contributed by atoms with Crippen molar-refractivity contribution in [3.8, 4) is 0 Å². The van der Waals surface area contributed by atoms with Gasteiger partial charge in [0.15, 0.2) is 0 Å². The van der Waals surface area contributed by atoms with Crippen LogP contribution < -0.4 is 4.90 Å². The van der Waals surface area contributed by atoms with Gasteiger partial charge in [0, 0.05) is 23.3 Å². The van der Waals surface area contributed by atoms with Crippen molar-refractivity contribution in [3.05, 3.63) is 111 Å². The summed E-state index contributed by atoms with van der Waals surface area (Å²) in [6.45, 7) is 0. The van der Waals surface area contributed by atoms with Crippen LogP contribution >= 0.6 is 0 Å². The summed E-state index contributed by atoms with van der Waals surface area (Å²) >= 11 is 0. The van der Waals surface area contributed by atoms with E-state index in [0.717, 1.165) is 11.0 Å². The maximum atomic E-state index is 14.8. The number of aliphatic hydroxyl groups excluding tert-OH is 1. The molecule has 0 spiro atoms. The van der Waals surface area contributed by atoms with E-state index < -0.39 is 34.2 Å². The van der Waals surface area contributed by atoms with E-state index in [9.17, 15) is 29.2 Å². The lowest BCUT2D eigenvalue weighted by Crippen LogP contribution is -2.29. The molecule has 1 heterocycles. The van der Waals surface area contributed by atoms with Gasteiger partial charge in [-0.3, -0.25) is 24.6 Å². The van der Waals surface area contributed by atoms with Gasteiger partial charge in [0.05, 0.1) is 22.2 Å². The quantitative estimate of drug-likeness (QED) is 0.223. The lowest BCUT2D eigenvalue weighted by Gasteiger charge is -2.25. The number of nitro benzene ring substituents is 1. The Morgan fingerprint density at radius 1 is 0.968 bits per heavy atom. The highest BCUT2D eigenvalue weighted by atomic mass is 19.1. The number of ketones is 1. The molecule has 1 fully saturated rings. The Balaban J connectivity index is 1.98. The molecule has 0 radical (unpaired) electrons. The summed E-state index contributed by atoms with van der Waals surface area (Å²) < 4.78 is 14.8. The van der Waals surface area contributed by atoms with Crippen LogP contribution in [0.4, 0.5) is 15.8 Å². The van der Waals surface area contributed by atoms with Crippen LogP contribution in [0.15, 0.2) is 84.4 Å². The highest BCUT2D eigenvalue weighted by molar-refractivity contribution is 6.51. The molecule has 0 aliphatic carbocycles. The van der Waals surface area contributed by atoms with E-state index in [0.29, 0.717) is 0 Å². The molecule has 0 bridgehead atoms. The van der Waals surface area contributed by atoms with E-state index in [4.69, 9.17) is 0 Å². The molecule has 1 amide bonds. The number of Topliss-reactive ketones (excluding diaryl/α,β-unsaturated/α-hetero) is 1. The van der Waals surface area contributed by atoms with Gasteiger partial charge in [-0.15, -0.1) is 0 Å². The molecule has 1 saturated heterocycles. The maximum Gasteiger partial charge on any atom is 0.300 e. The second-order valence-electron chi connectivity index (χ2n) is 6.83. The number of aliphatic hydroxyl groups is 1. The molecule has 4 rings (SSSR count). The second-order valence-corrected chi connectivity index (χ2v) is 6.83. The minimum Gasteiger partial charge on any atom is -0.507 e. The summed E-state index contributed by atoms with van der Waals surface area (Å²) in [5, 5.41) is 22.1. The topological polar surface area (TPSA) is 101 Å². The van der Waals surface area contributed by atoms with Crippen molar-refractivity contribution in [1.29, 1.82) is 0 Å². The van der Waals surface area contributed by atoms with Crippen LogP contribution in [-0.2, 0) is 9.59 Å². The SMILES string of the molecule is O=C1C(=O)N(c2cccc([N+](=O)[O-])c2)C(c2ccccc2F)/C1=C(/O)c1ccccc1. The Kier molecular flexibility index (Phi) is 5.04. The Labute approximate surface area is 175 Å². The number of carbonyl (C=O) groups excluding carboxylic acids is 2. The Bertz CT molecular complexity index is 1240. The molecular formula is C23H15FN2O5. The summed E-state index contributed by atoms with van der Waals surface area (Å²) in [7, 11) is 0. The highest BCUT2D eigenvalue weighted by Crippen LogP contribution is 2.43. The molecule has 1 aliphatic heterocycles. The zero-order valence-electron chi connectivity index (χ0n) is 15.9. The number of non-ortho nitro benzene ring substituents is 1. The predicted molar refractivity (Wildman–Crippen MR) is 111 cm³/mol. The molecule has 1 atom stereocenters. The van der Waals surface area contributed by atoms with E-state index in [1.807, 2.05) is 0 Å². The van der Waals surface area contributed by atoms with Gasteiger partial charge in [-0.1, -0.05) is 54.6 Å². The maximum absolute atomic E-state index is 14.8. The van der Waals surface area contributed by atoms with Crippen molar-refractivity contribution in [3.63, 3.8) is 0 Å². The molecule has 1 unspecified atom stereocenters. The lowest BCUT2D eigenvalue weighted by atomic mass is 9.94. The molecular weight excluding hydrogens is 403 g/mol. The van der Waals surface area contributed by atoms with Crippen LogP contribution in [0.1, 0.15) is 17.2 Å². The van der Waals surface area contributed by atoms with Crippen LogP contribution in [0.25, 0.3) is 5.76 Å². The van der Waals surface area contributed by atoms with Gasteiger partial charge in [0.1, 0.15) is 11.6 Å². The van der Waals surface area contributed by atoms with Crippen molar-refractivity contribution >= 4 is 28.8 Å². The smallest absolute Gasteiger partial charge is 0.300 e. The van der Waals surface area contributed by atoms with Gasteiger partial charge in [-0.2, -0.15) is 0 Å². The monoisotopic (exact) mass is 418 g/mol. The highest BCUT2D eigenvalue weighted by Gasteiger charge is 2.48. The summed E-state index contributed by atoms with van der Waals surface area (Å²) in [6.07, 6.45) is 0. The lowest BCUT2D eigenvalue weighted by molar-refractivity contribution is -0.384. The van der Waals surface area contributed by atoms with Gasteiger partial charge in [0.2, 0.25) is 0 Å². The number of carbonyl (C=O) groups is 2. The first-order chi connectivity index (χ1) is 14.9. The third-order valence-electron chi connectivity index (χ3n) is 5.01. The molecule has 0 aromatic heterocycles. The van der Waals surface area contributed by atoms with Crippen molar-refractivity contribution in [2.24, 2.45) is 0 Å². The zero-order chi connectivity index (χ0) is 22.1. The molecule has 1 N–H and O–H groups in total. The van der Waals surface area contributed by atoms with Crippen LogP contribution in [0, 0.1) is 15.9 Å². The summed E-state index contributed by atoms with van der Waals surface area (Å²) in [6, 6.07) is 17.5. The molecule has 8 heteroatoms. The number of hydrogen-bond donors (Lipinski definition) is 1. The third-order valence-corrected chi connectivity index (χ3v) is 5.01.